The molecule has 9 heteroatoms. The number of nitrogens with one attached hydrogen (secondary N) is 2. The first-order valence-corrected chi connectivity index (χ1v) is 8.54. The smallest absolute Gasteiger partial charge is 0.378 e. The lowest BCUT2D eigenvalue weighted by molar-refractivity contribution is -0.125. The van der Waals surface area contributed by atoms with Gasteiger partial charge in [0.05, 0.1) is 42.9 Å². The molecule has 1 fully saturated rings. The zero-order chi connectivity index (χ0) is 20.0. The molecule has 1 aromatic heterocycles. The van der Waals surface area contributed by atoms with Crippen molar-refractivity contribution in [1.82, 2.24) is 15.2 Å². The van der Waals surface area contributed by atoms with Crippen LogP contribution in [-0.2, 0) is 0 Å². The molecule has 0 amide bonds. The molecule has 0 unspecified atom stereocenters. The number of hydrogen-bond donors (Lipinski definition) is 2. The first-order valence-electron chi connectivity index (χ1n) is 8.54. The number of rotatable bonds is 10. The van der Waals surface area contributed by atoms with E-state index in [-0.39, 0.29) is 24.0 Å². The fourth-order valence-corrected chi connectivity index (χ4v) is 2.80. The minimum Gasteiger partial charge on any atom is -0.378 e. The van der Waals surface area contributed by atoms with Crippen LogP contribution in [0.3, 0.4) is 0 Å². The average molecular weight is 390 g/mol. The molecule has 27 heavy (non-hydrogen) atoms. The highest BCUT2D eigenvalue weighted by molar-refractivity contribution is 5.44. The molecular formula is C18H23F5N4. The van der Waals surface area contributed by atoms with Crippen LogP contribution in [0.1, 0.15) is 18.2 Å². The van der Waals surface area contributed by atoms with Gasteiger partial charge in [-0.2, -0.15) is 13.2 Å². The standard InChI is InChI=1S/C18H23F5N4/c1-12(13(2)20)17(25-11-18(21,22)23)16-5-4-14(8-24-16)26-15-9-27(10-15)7-3-6-19/h4-5,8,15,17,25-26H,1-3,6-7,9-11H2/t17-/m0/s1. The molecule has 2 rings (SSSR count). The Labute approximate surface area is 155 Å². The van der Waals surface area contributed by atoms with Gasteiger partial charge < -0.3 is 5.32 Å². The normalized spacial score (nSPS) is 16.6. The first kappa shape index (κ1) is 21.3. The Morgan fingerprint density at radius 2 is 2.00 bits per heavy atom. The van der Waals surface area contributed by atoms with Gasteiger partial charge in [0.15, 0.2) is 0 Å². The summed E-state index contributed by atoms with van der Waals surface area (Å²) in [6.45, 7) is 7.21. The third-order valence-electron chi connectivity index (χ3n) is 4.22. The fourth-order valence-electron chi connectivity index (χ4n) is 2.80. The van der Waals surface area contributed by atoms with E-state index in [1.54, 1.807) is 6.07 Å². The number of nitrogens with zero attached hydrogens (tertiary/aromatic N) is 2. The Morgan fingerprint density at radius 1 is 1.30 bits per heavy atom. The van der Waals surface area contributed by atoms with Crippen LogP contribution >= 0.6 is 0 Å². The largest absolute Gasteiger partial charge is 0.401 e. The van der Waals surface area contributed by atoms with Gasteiger partial charge in [0.2, 0.25) is 0 Å². The zero-order valence-corrected chi connectivity index (χ0v) is 14.8. The maximum absolute atomic E-state index is 13.4. The van der Waals surface area contributed by atoms with Gasteiger partial charge >= 0.3 is 6.18 Å². The molecule has 0 aliphatic carbocycles. The first-order chi connectivity index (χ1) is 12.7. The Hall–Kier alpha value is -2.00. The summed E-state index contributed by atoms with van der Waals surface area (Å²) in [6, 6.07) is 2.27. The number of likely N-dealkylation sites (tertiary alicyclic amines) is 1. The lowest BCUT2D eigenvalue weighted by atomic mass is 10.0. The predicted molar refractivity (Wildman–Crippen MR) is 94.9 cm³/mol. The third kappa shape index (κ3) is 6.59. The second-order valence-corrected chi connectivity index (χ2v) is 6.47. The van der Waals surface area contributed by atoms with Crippen LogP contribution in [-0.4, -0.2) is 55.0 Å². The molecule has 1 aromatic rings. The summed E-state index contributed by atoms with van der Waals surface area (Å²) in [7, 11) is 0. The Morgan fingerprint density at radius 3 is 2.52 bits per heavy atom. The Bertz CT molecular complexity index is 638. The van der Waals surface area contributed by atoms with Crippen molar-refractivity contribution in [1.29, 1.82) is 0 Å². The molecule has 1 saturated heterocycles. The summed E-state index contributed by atoms with van der Waals surface area (Å²) in [5.41, 5.74) is 0.717. The molecule has 1 atom stereocenters. The van der Waals surface area contributed by atoms with Gasteiger partial charge in [-0.1, -0.05) is 13.2 Å². The van der Waals surface area contributed by atoms with Gasteiger partial charge in [-0.15, -0.1) is 0 Å². The number of hydrogen-bond acceptors (Lipinski definition) is 4. The lowest BCUT2D eigenvalue weighted by Crippen LogP contribution is -2.54. The molecule has 0 bridgehead atoms. The highest BCUT2D eigenvalue weighted by Gasteiger charge is 2.30. The Kier molecular flexibility index (Phi) is 7.32. The number of alkyl halides is 4. The zero-order valence-electron chi connectivity index (χ0n) is 14.8. The minimum absolute atomic E-state index is 0.199. The third-order valence-corrected chi connectivity index (χ3v) is 4.22. The SMILES string of the molecule is C=C(F)C(=C)[C@H](NCC(F)(F)F)c1ccc(NC2CN(CCCF)C2)cn1. The highest BCUT2D eigenvalue weighted by atomic mass is 19.4. The number of anilines is 1. The molecule has 4 nitrogen and oxygen atoms in total. The van der Waals surface area contributed by atoms with Crippen LogP contribution in [0.2, 0.25) is 0 Å². The van der Waals surface area contributed by atoms with Crippen molar-refractivity contribution < 1.29 is 22.0 Å². The molecule has 2 N–H and O–H groups in total. The van der Waals surface area contributed by atoms with E-state index in [4.69, 9.17) is 0 Å². The topological polar surface area (TPSA) is 40.2 Å². The van der Waals surface area contributed by atoms with E-state index in [0.29, 0.717) is 18.7 Å². The van der Waals surface area contributed by atoms with Gasteiger partial charge in [0.25, 0.3) is 0 Å². The van der Waals surface area contributed by atoms with Crippen molar-refractivity contribution in [2.45, 2.75) is 24.7 Å². The minimum atomic E-state index is -4.45. The van der Waals surface area contributed by atoms with Crippen LogP contribution in [0.25, 0.3) is 0 Å². The van der Waals surface area contributed by atoms with E-state index in [2.05, 4.69) is 33.7 Å². The van der Waals surface area contributed by atoms with Gasteiger partial charge in [-0.3, -0.25) is 19.6 Å². The quantitative estimate of drug-likeness (QED) is 0.471. The molecule has 150 valence electrons. The van der Waals surface area contributed by atoms with E-state index in [1.165, 1.54) is 12.3 Å². The van der Waals surface area contributed by atoms with Crippen molar-refractivity contribution in [2.24, 2.45) is 0 Å². The molecule has 0 spiro atoms. The van der Waals surface area contributed by atoms with Gasteiger partial charge in [-0.25, -0.2) is 4.39 Å². The lowest BCUT2D eigenvalue weighted by Gasteiger charge is -2.40. The van der Waals surface area contributed by atoms with Crippen LogP contribution in [0.15, 0.2) is 42.9 Å². The van der Waals surface area contributed by atoms with E-state index in [0.717, 1.165) is 13.1 Å². The molecular weight excluding hydrogens is 367 g/mol. The molecule has 0 aromatic carbocycles. The molecule has 1 aliphatic heterocycles. The summed E-state index contributed by atoms with van der Waals surface area (Å²) in [6.07, 6.45) is -2.45. The molecule has 0 radical (unpaired) electrons. The van der Waals surface area contributed by atoms with Crippen molar-refractivity contribution >= 4 is 5.69 Å². The molecule has 0 saturated carbocycles. The maximum atomic E-state index is 13.4. The Balaban J connectivity index is 1.96. The predicted octanol–water partition coefficient (Wildman–Crippen LogP) is 3.77. The van der Waals surface area contributed by atoms with Crippen molar-refractivity contribution in [3.05, 3.63) is 48.6 Å². The highest BCUT2D eigenvalue weighted by Crippen LogP contribution is 2.27. The summed E-state index contributed by atoms with van der Waals surface area (Å²) >= 11 is 0. The van der Waals surface area contributed by atoms with Crippen LogP contribution in [0, 0.1) is 0 Å². The average Bonchev–Trinajstić information content (AvgIpc) is 2.56. The molecule has 2 heterocycles. The molecule has 1 aliphatic rings. The summed E-state index contributed by atoms with van der Waals surface area (Å²) in [5, 5.41) is 5.47. The summed E-state index contributed by atoms with van der Waals surface area (Å²) in [4.78, 5) is 6.26. The second-order valence-electron chi connectivity index (χ2n) is 6.47. The van der Waals surface area contributed by atoms with E-state index in [9.17, 15) is 22.0 Å². The van der Waals surface area contributed by atoms with Gasteiger partial charge in [0.1, 0.15) is 5.83 Å². The van der Waals surface area contributed by atoms with Crippen molar-refractivity contribution in [2.75, 3.05) is 38.2 Å². The van der Waals surface area contributed by atoms with E-state index in [1.807, 2.05) is 0 Å². The maximum Gasteiger partial charge on any atom is 0.401 e. The number of aromatic nitrogens is 1. The van der Waals surface area contributed by atoms with Crippen molar-refractivity contribution in [3.63, 3.8) is 0 Å². The van der Waals surface area contributed by atoms with E-state index >= 15 is 0 Å². The summed E-state index contributed by atoms with van der Waals surface area (Å²) < 4.78 is 63.0. The van der Waals surface area contributed by atoms with E-state index < -0.39 is 24.6 Å². The van der Waals surface area contributed by atoms with Crippen molar-refractivity contribution in [3.8, 4) is 0 Å². The summed E-state index contributed by atoms with van der Waals surface area (Å²) in [5.74, 6) is -0.901. The van der Waals surface area contributed by atoms with Crippen LogP contribution in [0.5, 0.6) is 0 Å². The number of pyridine rings is 1. The van der Waals surface area contributed by atoms with Gasteiger partial charge in [0, 0.05) is 25.2 Å². The van der Waals surface area contributed by atoms with Gasteiger partial charge in [-0.05, 0) is 18.6 Å². The fraction of sp³-hybridized carbons (Fsp3) is 0.500. The van der Waals surface area contributed by atoms with Crippen LogP contribution < -0.4 is 10.6 Å². The number of halogens is 5. The van der Waals surface area contributed by atoms with Crippen LogP contribution in [0.4, 0.5) is 27.6 Å². The monoisotopic (exact) mass is 390 g/mol. The second kappa shape index (κ2) is 9.27.